The zero-order valence-corrected chi connectivity index (χ0v) is 28.5. The Morgan fingerprint density at radius 1 is 0.795 bits per heavy atom. The lowest BCUT2D eigenvalue weighted by molar-refractivity contribution is -0.103. The zero-order valence-electron chi connectivity index (χ0n) is 27.8. The molecule has 3 saturated carbocycles. The second kappa shape index (κ2) is 11.9. The third-order valence-electron chi connectivity index (χ3n) is 13.5. The average molecular weight is 609 g/mol. The Hall–Kier alpha value is -2.19. The van der Waals surface area contributed by atoms with Crippen LogP contribution in [0, 0.1) is 52.3 Å². The third-order valence-corrected chi connectivity index (χ3v) is 13.8. The second-order valence-electron chi connectivity index (χ2n) is 16.3. The first-order valence-electron chi connectivity index (χ1n) is 17.9. The standard InChI is InChI=1S/C41H53ClN2/c1-26(2)10-9-11-27(3)34-20-21-35-32-19-16-30-24-37-33(25-41(30,5)36(32)22-23-40(34,35)4)38(28-14-17-31(42)18-15-28)44-39(43-37)29-12-7-6-8-13-29/h6-8,12-15,17-18,26-27,30,32,34-36H,9-11,16,19-25H2,1-5H3/t27-,30+,32-,34-,35+,36+,40-,41+/m1/s1. The fourth-order valence-corrected chi connectivity index (χ4v) is 11.4. The van der Waals surface area contributed by atoms with Gasteiger partial charge in [-0.3, -0.25) is 0 Å². The van der Waals surface area contributed by atoms with Crippen molar-refractivity contribution in [2.75, 3.05) is 0 Å². The second-order valence-corrected chi connectivity index (χ2v) is 16.7. The first kappa shape index (κ1) is 30.5. The molecule has 3 heteroatoms. The number of aromatic nitrogens is 2. The Morgan fingerprint density at radius 3 is 2.30 bits per heavy atom. The van der Waals surface area contributed by atoms with Crippen LogP contribution in [0.15, 0.2) is 54.6 Å². The number of halogens is 1. The van der Waals surface area contributed by atoms with Crippen LogP contribution in [0.2, 0.25) is 5.02 Å². The van der Waals surface area contributed by atoms with Crippen LogP contribution >= 0.6 is 11.6 Å². The summed E-state index contributed by atoms with van der Waals surface area (Å²) < 4.78 is 0. The molecule has 4 aliphatic rings. The number of hydrogen-bond acceptors (Lipinski definition) is 2. The lowest BCUT2D eigenvalue weighted by Gasteiger charge is -2.60. The van der Waals surface area contributed by atoms with Gasteiger partial charge in [0, 0.05) is 27.4 Å². The first-order valence-corrected chi connectivity index (χ1v) is 18.3. The minimum absolute atomic E-state index is 0.316. The average Bonchev–Trinajstić information content (AvgIpc) is 3.37. The molecule has 0 aliphatic heterocycles. The largest absolute Gasteiger partial charge is 0.233 e. The highest BCUT2D eigenvalue weighted by atomic mass is 35.5. The lowest BCUT2D eigenvalue weighted by Crippen LogP contribution is -2.54. The Labute approximate surface area is 271 Å². The van der Waals surface area contributed by atoms with Gasteiger partial charge in [0.15, 0.2) is 5.82 Å². The topological polar surface area (TPSA) is 25.8 Å². The maximum absolute atomic E-state index is 6.35. The van der Waals surface area contributed by atoms with Crippen molar-refractivity contribution in [3.05, 3.63) is 70.9 Å². The summed E-state index contributed by atoms with van der Waals surface area (Å²) in [4.78, 5) is 10.6. The highest BCUT2D eigenvalue weighted by Crippen LogP contribution is 2.68. The van der Waals surface area contributed by atoms with Crippen molar-refractivity contribution in [3.8, 4) is 22.6 Å². The maximum atomic E-state index is 6.35. The molecule has 0 radical (unpaired) electrons. The van der Waals surface area contributed by atoms with Gasteiger partial charge >= 0.3 is 0 Å². The molecule has 234 valence electrons. The van der Waals surface area contributed by atoms with Gasteiger partial charge in [-0.1, -0.05) is 108 Å². The number of hydrogen-bond donors (Lipinski definition) is 0. The van der Waals surface area contributed by atoms with Crippen molar-refractivity contribution >= 4 is 11.6 Å². The molecular weight excluding hydrogens is 556 g/mol. The molecule has 1 heterocycles. The van der Waals surface area contributed by atoms with Crippen molar-refractivity contribution in [2.24, 2.45) is 52.3 Å². The van der Waals surface area contributed by atoms with Crippen molar-refractivity contribution in [1.82, 2.24) is 9.97 Å². The van der Waals surface area contributed by atoms with Gasteiger partial charge in [0.25, 0.3) is 0 Å². The highest BCUT2D eigenvalue weighted by Gasteiger charge is 2.60. The molecule has 8 atom stereocenters. The SMILES string of the molecule is CC(C)CCC[C@@H](C)[C@H]1CC[C@H]2[C@H]3CC[C@H]4Cc5nc(-c6ccccc6)nc(-c6ccc(Cl)cc6)c5C[C@]4(C)[C@H]3CC[C@]12C. The molecule has 0 amide bonds. The summed E-state index contributed by atoms with van der Waals surface area (Å²) in [5, 5.41) is 0.775. The maximum Gasteiger partial charge on any atom is 0.160 e. The molecule has 0 bridgehead atoms. The fourth-order valence-electron chi connectivity index (χ4n) is 11.2. The van der Waals surface area contributed by atoms with Crippen LogP contribution in [0.5, 0.6) is 0 Å². The van der Waals surface area contributed by atoms with Gasteiger partial charge < -0.3 is 0 Å². The van der Waals surface area contributed by atoms with Gasteiger partial charge in [0.05, 0.1) is 5.69 Å². The minimum atomic E-state index is 0.316. The summed E-state index contributed by atoms with van der Waals surface area (Å²) in [5.74, 6) is 6.79. The number of benzene rings is 2. The van der Waals surface area contributed by atoms with Crippen molar-refractivity contribution in [3.63, 3.8) is 0 Å². The number of fused-ring (bicyclic) bond motifs is 6. The van der Waals surface area contributed by atoms with Gasteiger partial charge in [0.1, 0.15) is 0 Å². The van der Waals surface area contributed by atoms with E-state index in [9.17, 15) is 0 Å². The Morgan fingerprint density at radius 2 is 1.55 bits per heavy atom. The molecule has 0 unspecified atom stereocenters. The molecule has 7 rings (SSSR count). The molecule has 2 aromatic carbocycles. The first-order chi connectivity index (χ1) is 21.2. The van der Waals surface area contributed by atoms with E-state index >= 15 is 0 Å². The molecule has 1 aromatic heterocycles. The van der Waals surface area contributed by atoms with Crippen molar-refractivity contribution in [2.45, 2.75) is 105 Å². The van der Waals surface area contributed by atoms with E-state index in [0.717, 1.165) is 70.5 Å². The Kier molecular flexibility index (Phi) is 8.22. The summed E-state index contributed by atoms with van der Waals surface area (Å²) in [7, 11) is 0. The monoisotopic (exact) mass is 608 g/mol. The number of nitrogens with zero attached hydrogens (tertiary/aromatic N) is 2. The van der Waals surface area contributed by atoms with E-state index in [0.29, 0.717) is 16.7 Å². The van der Waals surface area contributed by atoms with Gasteiger partial charge in [-0.2, -0.15) is 0 Å². The smallest absolute Gasteiger partial charge is 0.160 e. The van der Waals surface area contributed by atoms with E-state index in [1.807, 2.05) is 12.1 Å². The van der Waals surface area contributed by atoms with E-state index < -0.39 is 0 Å². The Balaban J connectivity index is 1.20. The molecular formula is C41H53ClN2. The quantitative estimate of drug-likeness (QED) is 0.266. The minimum Gasteiger partial charge on any atom is -0.233 e. The van der Waals surface area contributed by atoms with Gasteiger partial charge in [-0.05, 0) is 116 Å². The summed E-state index contributed by atoms with van der Waals surface area (Å²) >= 11 is 6.35. The fraction of sp³-hybridized carbons (Fsp3) is 0.610. The van der Waals surface area contributed by atoms with Crippen LogP contribution in [0.3, 0.4) is 0 Å². The summed E-state index contributed by atoms with van der Waals surface area (Å²) in [6, 6.07) is 18.9. The molecule has 4 aliphatic carbocycles. The summed E-state index contributed by atoms with van der Waals surface area (Å²) in [5.41, 5.74) is 6.95. The van der Waals surface area contributed by atoms with Crippen molar-refractivity contribution in [1.29, 1.82) is 0 Å². The number of rotatable bonds is 7. The van der Waals surface area contributed by atoms with Gasteiger partial charge in [-0.25, -0.2) is 9.97 Å². The predicted molar refractivity (Wildman–Crippen MR) is 185 cm³/mol. The normalized spacial score (nSPS) is 33.3. The van der Waals surface area contributed by atoms with Crippen molar-refractivity contribution < 1.29 is 0 Å². The zero-order chi connectivity index (χ0) is 30.6. The van der Waals surface area contributed by atoms with Gasteiger partial charge in [-0.15, -0.1) is 0 Å². The molecule has 3 fully saturated rings. The van der Waals surface area contributed by atoms with Crippen LogP contribution in [0.25, 0.3) is 22.6 Å². The van der Waals surface area contributed by atoms with E-state index in [1.165, 1.54) is 74.6 Å². The molecule has 44 heavy (non-hydrogen) atoms. The van der Waals surface area contributed by atoms with Crippen LogP contribution in [-0.2, 0) is 12.8 Å². The van der Waals surface area contributed by atoms with Crippen LogP contribution in [0.1, 0.15) is 104 Å². The van der Waals surface area contributed by atoms with E-state index in [2.05, 4.69) is 77.1 Å². The highest BCUT2D eigenvalue weighted by molar-refractivity contribution is 6.30. The molecule has 0 saturated heterocycles. The van der Waals surface area contributed by atoms with Crippen LogP contribution in [-0.4, -0.2) is 9.97 Å². The molecule has 2 nitrogen and oxygen atoms in total. The van der Waals surface area contributed by atoms with Crippen LogP contribution < -0.4 is 0 Å². The summed E-state index contributed by atoms with van der Waals surface area (Å²) in [6.45, 7) is 12.8. The van der Waals surface area contributed by atoms with Gasteiger partial charge in [0.2, 0.25) is 0 Å². The van der Waals surface area contributed by atoms with E-state index in [1.54, 1.807) is 0 Å². The molecule has 0 spiro atoms. The predicted octanol–water partition coefficient (Wildman–Crippen LogP) is 11.5. The third kappa shape index (κ3) is 5.26. The lowest BCUT2D eigenvalue weighted by atomic mass is 9.44. The molecule has 0 N–H and O–H groups in total. The van der Waals surface area contributed by atoms with E-state index in [-0.39, 0.29) is 0 Å². The van der Waals surface area contributed by atoms with Crippen LogP contribution in [0.4, 0.5) is 0 Å². The van der Waals surface area contributed by atoms with E-state index in [4.69, 9.17) is 21.6 Å². The Bertz CT molecular complexity index is 1460. The molecule has 3 aromatic rings. The summed E-state index contributed by atoms with van der Waals surface area (Å²) in [6.07, 6.45) is 15.0.